The van der Waals surface area contributed by atoms with E-state index in [2.05, 4.69) is 5.10 Å². The van der Waals surface area contributed by atoms with Crippen LogP contribution in [-0.4, -0.2) is 71.3 Å². The predicted molar refractivity (Wildman–Crippen MR) is 105 cm³/mol. The summed E-state index contributed by atoms with van der Waals surface area (Å²) in [7, 11) is 1.63. The van der Waals surface area contributed by atoms with Crippen LogP contribution in [0.15, 0.2) is 30.3 Å². The lowest BCUT2D eigenvalue weighted by Crippen LogP contribution is -2.40. The standard InChI is InChI=1S/C21H26N4O3/c1-28-14-13-23-11-6-12-24(15-19(23)26)21(27)20-17-9-5-10-18(17)25(22-20)16-7-3-2-4-8-16/h2-4,7-8H,5-6,9-15H2,1H3. The van der Waals surface area contributed by atoms with E-state index in [0.29, 0.717) is 31.9 Å². The number of methoxy groups -OCH3 is 1. The number of nitrogens with zero attached hydrogens (tertiary/aromatic N) is 4. The molecule has 7 nitrogen and oxygen atoms in total. The molecule has 2 aromatic rings. The highest BCUT2D eigenvalue weighted by Crippen LogP contribution is 2.28. The zero-order valence-corrected chi connectivity index (χ0v) is 16.3. The summed E-state index contributed by atoms with van der Waals surface area (Å²) in [5.41, 5.74) is 3.64. The molecule has 0 radical (unpaired) electrons. The van der Waals surface area contributed by atoms with Crippen molar-refractivity contribution in [2.45, 2.75) is 25.7 Å². The normalized spacial score (nSPS) is 17.0. The third-order valence-electron chi connectivity index (χ3n) is 5.52. The second kappa shape index (κ2) is 8.14. The molecule has 0 saturated carbocycles. The van der Waals surface area contributed by atoms with Crippen LogP contribution in [-0.2, 0) is 22.4 Å². The first-order chi connectivity index (χ1) is 13.7. The number of aromatic nitrogens is 2. The summed E-state index contributed by atoms with van der Waals surface area (Å²) in [6.45, 7) is 2.41. The maximum absolute atomic E-state index is 13.3. The molecule has 0 unspecified atom stereocenters. The van der Waals surface area contributed by atoms with Crippen molar-refractivity contribution in [3.63, 3.8) is 0 Å². The second-order valence-corrected chi connectivity index (χ2v) is 7.33. The van der Waals surface area contributed by atoms with E-state index in [-0.39, 0.29) is 18.4 Å². The molecule has 7 heteroatoms. The Kier molecular flexibility index (Phi) is 5.43. The first kappa shape index (κ1) is 18.7. The van der Waals surface area contributed by atoms with Gasteiger partial charge in [-0.15, -0.1) is 0 Å². The summed E-state index contributed by atoms with van der Waals surface area (Å²) in [6.07, 6.45) is 3.59. The summed E-state index contributed by atoms with van der Waals surface area (Å²) in [5.74, 6) is -0.156. The Morgan fingerprint density at radius 3 is 2.75 bits per heavy atom. The van der Waals surface area contributed by atoms with E-state index in [0.717, 1.165) is 42.6 Å². The lowest BCUT2D eigenvalue weighted by atomic mass is 10.2. The van der Waals surface area contributed by atoms with Gasteiger partial charge in [-0.3, -0.25) is 9.59 Å². The molecule has 1 aromatic carbocycles. The minimum atomic E-state index is -0.130. The highest BCUT2D eigenvalue weighted by Gasteiger charge is 2.32. The van der Waals surface area contributed by atoms with Gasteiger partial charge in [-0.1, -0.05) is 18.2 Å². The molecule has 2 heterocycles. The van der Waals surface area contributed by atoms with E-state index in [9.17, 15) is 9.59 Å². The van der Waals surface area contributed by atoms with E-state index >= 15 is 0 Å². The molecule has 148 valence electrons. The van der Waals surface area contributed by atoms with E-state index in [1.54, 1.807) is 16.9 Å². The van der Waals surface area contributed by atoms with Gasteiger partial charge in [0.2, 0.25) is 5.91 Å². The average molecular weight is 382 g/mol. The number of fused-ring (bicyclic) bond motifs is 1. The van der Waals surface area contributed by atoms with E-state index in [4.69, 9.17) is 4.74 Å². The van der Waals surface area contributed by atoms with Crippen LogP contribution in [0.5, 0.6) is 0 Å². The number of para-hydroxylation sites is 1. The van der Waals surface area contributed by atoms with E-state index in [1.807, 2.05) is 35.0 Å². The Labute approximate surface area is 164 Å². The van der Waals surface area contributed by atoms with Crippen LogP contribution in [0.1, 0.15) is 34.6 Å². The Hall–Kier alpha value is -2.67. The van der Waals surface area contributed by atoms with Gasteiger partial charge >= 0.3 is 0 Å². The van der Waals surface area contributed by atoms with Crippen molar-refractivity contribution in [1.82, 2.24) is 19.6 Å². The maximum atomic E-state index is 13.3. The fourth-order valence-corrected chi connectivity index (χ4v) is 4.07. The van der Waals surface area contributed by atoms with Crippen LogP contribution in [0, 0.1) is 0 Å². The van der Waals surface area contributed by atoms with Crippen LogP contribution in [0.2, 0.25) is 0 Å². The number of amides is 2. The molecular formula is C21H26N4O3. The summed E-state index contributed by atoms with van der Waals surface area (Å²) in [5, 5.41) is 4.68. The molecular weight excluding hydrogens is 356 g/mol. The number of rotatable bonds is 5. The van der Waals surface area contributed by atoms with Crippen molar-refractivity contribution in [2.24, 2.45) is 0 Å². The quantitative estimate of drug-likeness (QED) is 0.789. The summed E-state index contributed by atoms with van der Waals surface area (Å²) in [4.78, 5) is 29.3. The monoisotopic (exact) mass is 382 g/mol. The van der Waals surface area contributed by atoms with Gasteiger partial charge in [0.15, 0.2) is 5.69 Å². The van der Waals surface area contributed by atoms with Crippen LogP contribution in [0.3, 0.4) is 0 Å². The van der Waals surface area contributed by atoms with Crippen molar-refractivity contribution < 1.29 is 14.3 Å². The minimum absolute atomic E-state index is 0.0259. The number of benzene rings is 1. The maximum Gasteiger partial charge on any atom is 0.275 e. The zero-order valence-electron chi connectivity index (χ0n) is 16.3. The van der Waals surface area contributed by atoms with Crippen molar-refractivity contribution in [1.29, 1.82) is 0 Å². The van der Waals surface area contributed by atoms with Crippen LogP contribution in [0.25, 0.3) is 5.69 Å². The molecule has 0 N–H and O–H groups in total. The van der Waals surface area contributed by atoms with E-state index in [1.165, 1.54) is 0 Å². The molecule has 28 heavy (non-hydrogen) atoms. The Morgan fingerprint density at radius 2 is 1.96 bits per heavy atom. The summed E-state index contributed by atoms with van der Waals surface area (Å²) in [6, 6.07) is 9.92. The molecule has 2 aliphatic rings. The molecule has 2 amide bonds. The molecule has 1 aromatic heterocycles. The lowest BCUT2D eigenvalue weighted by molar-refractivity contribution is -0.131. The number of hydrogen-bond donors (Lipinski definition) is 0. The fraction of sp³-hybridized carbons (Fsp3) is 0.476. The van der Waals surface area contributed by atoms with Gasteiger partial charge in [0.05, 0.1) is 12.3 Å². The summed E-state index contributed by atoms with van der Waals surface area (Å²) < 4.78 is 6.99. The van der Waals surface area contributed by atoms with Crippen molar-refractivity contribution in [2.75, 3.05) is 39.9 Å². The number of hydrogen-bond acceptors (Lipinski definition) is 4. The molecule has 0 bridgehead atoms. The molecule has 4 rings (SSSR count). The highest BCUT2D eigenvalue weighted by molar-refractivity contribution is 5.96. The minimum Gasteiger partial charge on any atom is -0.383 e. The van der Waals surface area contributed by atoms with Gasteiger partial charge in [0.25, 0.3) is 5.91 Å². The van der Waals surface area contributed by atoms with Gasteiger partial charge in [-0.25, -0.2) is 4.68 Å². The molecule has 0 spiro atoms. The topological polar surface area (TPSA) is 67.7 Å². The van der Waals surface area contributed by atoms with Gasteiger partial charge in [0.1, 0.15) is 6.54 Å². The molecule has 1 saturated heterocycles. The first-order valence-electron chi connectivity index (χ1n) is 9.91. The Balaban J connectivity index is 1.58. The van der Waals surface area contributed by atoms with Gasteiger partial charge in [-0.2, -0.15) is 5.10 Å². The van der Waals surface area contributed by atoms with Gasteiger partial charge in [-0.05, 0) is 37.8 Å². The first-order valence-corrected chi connectivity index (χ1v) is 9.91. The van der Waals surface area contributed by atoms with Gasteiger partial charge < -0.3 is 14.5 Å². The van der Waals surface area contributed by atoms with Crippen LogP contribution < -0.4 is 0 Å². The van der Waals surface area contributed by atoms with E-state index < -0.39 is 0 Å². The van der Waals surface area contributed by atoms with Crippen molar-refractivity contribution in [3.8, 4) is 5.69 Å². The third-order valence-corrected chi connectivity index (χ3v) is 5.52. The largest absolute Gasteiger partial charge is 0.383 e. The van der Waals surface area contributed by atoms with Crippen molar-refractivity contribution >= 4 is 11.8 Å². The number of ether oxygens (including phenoxy) is 1. The zero-order chi connectivity index (χ0) is 19.5. The van der Waals surface area contributed by atoms with Gasteiger partial charge in [0, 0.05) is 38.0 Å². The second-order valence-electron chi connectivity index (χ2n) is 7.33. The van der Waals surface area contributed by atoms with Crippen LogP contribution in [0.4, 0.5) is 0 Å². The number of carbonyl (C=O) groups excluding carboxylic acids is 2. The molecule has 0 atom stereocenters. The Morgan fingerprint density at radius 1 is 1.14 bits per heavy atom. The average Bonchev–Trinajstić information content (AvgIpc) is 3.27. The smallest absolute Gasteiger partial charge is 0.275 e. The van der Waals surface area contributed by atoms with Crippen LogP contribution >= 0.6 is 0 Å². The van der Waals surface area contributed by atoms with Crippen molar-refractivity contribution in [3.05, 3.63) is 47.3 Å². The SMILES string of the molecule is COCCN1CCCN(C(=O)c2nn(-c3ccccc3)c3c2CCC3)CC1=O. The lowest BCUT2D eigenvalue weighted by Gasteiger charge is -2.21. The number of carbonyl (C=O) groups is 2. The summed E-state index contributed by atoms with van der Waals surface area (Å²) >= 11 is 0. The predicted octanol–water partition coefficient (Wildman–Crippen LogP) is 1.68. The molecule has 1 aliphatic carbocycles. The molecule has 1 aliphatic heterocycles. The fourth-order valence-electron chi connectivity index (χ4n) is 4.07. The highest BCUT2D eigenvalue weighted by atomic mass is 16.5. The third kappa shape index (κ3) is 3.54. The molecule has 1 fully saturated rings. The Bertz CT molecular complexity index is 862.